The first-order chi connectivity index (χ1) is 6.58. The highest BCUT2D eigenvalue weighted by molar-refractivity contribution is 5.58. The molecular weight excluding hydrogens is 174 g/mol. The molecule has 0 radical (unpaired) electrons. The third kappa shape index (κ3) is 1.50. The number of hydrogen-bond acceptors (Lipinski definition) is 2. The van der Waals surface area contributed by atoms with Crippen LogP contribution in [0.4, 0.5) is 5.69 Å². The Morgan fingerprint density at radius 3 is 2.64 bits per heavy atom. The van der Waals surface area contributed by atoms with E-state index in [-0.39, 0.29) is 6.10 Å². The summed E-state index contributed by atoms with van der Waals surface area (Å²) in [6, 6.07) is 4.58. The summed E-state index contributed by atoms with van der Waals surface area (Å²) in [5.74, 6) is 0. The summed E-state index contributed by atoms with van der Waals surface area (Å²) < 4.78 is 0. The Hall–Kier alpha value is -1.02. The van der Waals surface area contributed by atoms with Crippen molar-refractivity contribution in [3.63, 3.8) is 0 Å². The zero-order valence-electron chi connectivity index (χ0n) is 8.96. The molecule has 2 N–H and O–H groups in total. The fraction of sp³-hybridized carbons (Fsp3) is 0.500. The summed E-state index contributed by atoms with van der Waals surface area (Å²) in [6.07, 6.45) is 0.496. The third-order valence-electron chi connectivity index (χ3n) is 3.00. The van der Waals surface area contributed by atoms with E-state index in [1.807, 2.05) is 0 Å². The molecule has 0 fully saturated rings. The lowest BCUT2D eigenvalue weighted by Crippen LogP contribution is -2.25. The maximum absolute atomic E-state index is 9.91. The van der Waals surface area contributed by atoms with Gasteiger partial charge in [0.15, 0.2) is 0 Å². The second-order valence-corrected chi connectivity index (χ2v) is 4.32. The SMILES string of the molecule is Cc1cc2c(cc1C)C(O)CC(C)N2. The van der Waals surface area contributed by atoms with Gasteiger partial charge in [-0.2, -0.15) is 0 Å². The molecule has 14 heavy (non-hydrogen) atoms. The fourth-order valence-electron chi connectivity index (χ4n) is 2.03. The minimum absolute atomic E-state index is 0.305. The normalized spacial score (nSPS) is 25.4. The lowest BCUT2D eigenvalue weighted by molar-refractivity contribution is 0.158. The Labute approximate surface area is 85.0 Å². The number of aryl methyl sites for hydroxylation is 2. The second kappa shape index (κ2) is 3.28. The van der Waals surface area contributed by atoms with Gasteiger partial charge >= 0.3 is 0 Å². The molecule has 1 aliphatic heterocycles. The summed E-state index contributed by atoms with van der Waals surface area (Å²) in [6.45, 7) is 6.28. The van der Waals surface area contributed by atoms with Crippen LogP contribution in [-0.4, -0.2) is 11.1 Å². The van der Waals surface area contributed by atoms with Gasteiger partial charge in [0.1, 0.15) is 0 Å². The molecule has 0 spiro atoms. The smallest absolute Gasteiger partial charge is 0.0829 e. The van der Waals surface area contributed by atoms with Crippen molar-refractivity contribution in [1.29, 1.82) is 0 Å². The van der Waals surface area contributed by atoms with Crippen LogP contribution < -0.4 is 5.32 Å². The van der Waals surface area contributed by atoms with E-state index in [1.54, 1.807) is 0 Å². The van der Waals surface area contributed by atoms with Crippen LogP contribution >= 0.6 is 0 Å². The van der Waals surface area contributed by atoms with E-state index in [4.69, 9.17) is 0 Å². The number of fused-ring (bicyclic) bond motifs is 1. The Balaban J connectivity index is 2.49. The molecule has 1 aromatic carbocycles. The van der Waals surface area contributed by atoms with E-state index in [2.05, 4.69) is 38.2 Å². The van der Waals surface area contributed by atoms with Gasteiger partial charge in [-0.15, -0.1) is 0 Å². The van der Waals surface area contributed by atoms with Crippen molar-refractivity contribution in [2.24, 2.45) is 0 Å². The molecule has 0 amide bonds. The lowest BCUT2D eigenvalue weighted by Gasteiger charge is -2.29. The predicted molar refractivity (Wildman–Crippen MR) is 58.6 cm³/mol. The summed E-state index contributed by atoms with van der Waals surface area (Å²) in [7, 11) is 0. The van der Waals surface area contributed by atoms with Crippen molar-refractivity contribution in [2.75, 3.05) is 5.32 Å². The van der Waals surface area contributed by atoms with Crippen molar-refractivity contribution in [2.45, 2.75) is 39.3 Å². The molecule has 2 atom stereocenters. The van der Waals surface area contributed by atoms with Gasteiger partial charge < -0.3 is 10.4 Å². The van der Waals surface area contributed by atoms with Crippen LogP contribution in [-0.2, 0) is 0 Å². The van der Waals surface area contributed by atoms with Gasteiger partial charge in [0.25, 0.3) is 0 Å². The quantitative estimate of drug-likeness (QED) is 0.660. The minimum Gasteiger partial charge on any atom is -0.388 e. The van der Waals surface area contributed by atoms with Crippen molar-refractivity contribution in [3.8, 4) is 0 Å². The first-order valence-corrected chi connectivity index (χ1v) is 5.13. The van der Waals surface area contributed by atoms with Crippen molar-refractivity contribution < 1.29 is 5.11 Å². The van der Waals surface area contributed by atoms with Crippen molar-refractivity contribution >= 4 is 5.69 Å². The van der Waals surface area contributed by atoms with E-state index in [0.717, 1.165) is 17.7 Å². The first kappa shape index (κ1) is 9.53. The number of rotatable bonds is 0. The van der Waals surface area contributed by atoms with Gasteiger partial charge in [0.2, 0.25) is 0 Å². The number of nitrogens with one attached hydrogen (secondary N) is 1. The molecule has 2 nitrogen and oxygen atoms in total. The molecule has 1 aromatic rings. The van der Waals surface area contributed by atoms with Crippen LogP contribution in [0.3, 0.4) is 0 Å². The van der Waals surface area contributed by atoms with Crippen molar-refractivity contribution in [1.82, 2.24) is 0 Å². The van der Waals surface area contributed by atoms with E-state index in [9.17, 15) is 5.11 Å². The highest BCUT2D eigenvalue weighted by Crippen LogP contribution is 2.34. The molecule has 76 valence electrons. The topological polar surface area (TPSA) is 32.3 Å². The molecule has 1 aliphatic rings. The standard InChI is InChI=1S/C12H17NO/c1-7-4-10-11(5-8(7)2)13-9(3)6-12(10)14/h4-5,9,12-14H,6H2,1-3H3. The molecule has 0 saturated heterocycles. The van der Waals surface area contributed by atoms with Gasteiger partial charge in [0, 0.05) is 17.3 Å². The van der Waals surface area contributed by atoms with Gasteiger partial charge in [-0.25, -0.2) is 0 Å². The number of benzene rings is 1. The maximum atomic E-state index is 9.91. The molecule has 0 aromatic heterocycles. The van der Waals surface area contributed by atoms with Crippen LogP contribution in [0.5, 0.6) is 0 Å². The van der Waals surface area contributed by atoms with Gasteiger partial charge in [-0.05, 0) is 44.4 Å². The van der Waals surface area contributed by atoms with Crippen molar-refractivity contribution in [3.05, 3.63) is 28.8 Å². The highest BCUT2D eigenvalue weighted by Gasteiger charge is 2.22. The minimum atomic E-state index is -0.305. The predicted octanol–water partition coefficient (Wildman–Crippen LogP) is 2.54. The monoisotopic (exact) mass is 191 g/mol. The number of hydrogen-bond donors (Lipinski definition) is 2. The second-order valence-electron chi connectivity index (χ2n) is 4.32. The van der Waals surface area contributed by atoms with Gasteiger partial charge in [-0.3, -0.25) is 0 Å². The zero-order chi connectivity index (χ0) is 10.3. The zero-order valence-corrected chi connectivity index (χ0v) is 8.96. The van der Waals surface area contributed by atoms with E-state index in [1.165, 1.54) is 11.1 Å². The first-order valence-electron chi connectivity index (χ1n) is 5.13. The molecule has 0 saturated carbocycles. The maximum Gasteiger partial charge on any atom is 0.0829 e. The Morgan fingerprint density at radius 1 is 1.29 bits per heavy atom. The van der Waals surface area contributed by atoms with Crippen LogP contribution in [0.25, 0.3) is 0 Å². The van der Waals surface area contributed by atoms with Crippen LogP contribution in [0.1, 0.15) is 36.1 Å². The molecular formula is C12H17NO. The van der Waals surface area contributed by atoms with E-state index >= 15 is 0 Å². The number of aliphatic hydroxyl groups excluding tert-OH is 1. The average Bonchev–Trinajstić information content (AvgIpc) is 2.08. The molecule has 1 heterocycles. The molecule has 0 bridgehead atoms. The van der Waals surface area contributed by atoms with Gasteiger partial charge in [-0.1, -0.05) is 6.07 Å². The Morgan fingerprint density at radius 2 is 1.93 bits per heavy atom. The highest BCUT2D eigenvalue weighted by atomic mass is 16.3. The van der Waals surface area contributed by atoms with E-state index in [0.29, 0.717) is 6.04 Å². The number of aliphatic hydroxyl groups is 1. The molecule has 2 heteroatoms. The van der Waals surface area contributed by atoms with Crippen LogP contribution in [0, 0.1) is 13.8 Å². The van der Waals surface area contributed by atoms with Crippen LogP contribution in [0.15, 0.2) is 12.1 Å². The number of anilines is 1. The Bertz CT molecular complexity index is 360. The summed E-state index contributed by atoms with van der Waals surface area (Å²) in [5, 5.41) is 13.3. The van der Waals surface area contributed by atoms with E-state index < -0.39 is 0 Å². The third-order valence-corrected chi connectivity index (χ3v) is 3.00. The molecule has 2 rings (SSSR count). The Kier molecular flexibility index (Phi) is 2.23. The summed E-state index contributed by atoms with van der Waals surface area (Å²) >= 11 is 0. The lowest BCUT2D eigenvalue weighted by atomic mass is 9.93. The average molecular weight is 191 g/mol. The fourth-order valence-corrected chi connectivity index (χ4v) is 2.03. The largest absolute Gasteiger partial charge is 0.388 e. The van der Waals surface area contributed by atoms with Crippen LogP contribution in [0.2, 0.25) is 0 Å². The summed E-state index contributed by atoms with van der Waals surface area (Å²) in [5.41, 5.74) is 4.67. The molecule has 2 unspecified atom stereocenters. The summed E-state index contributed by atoms with van der Waals surface area (Å²) in [4.78, 5) is 0. The van der Waals surface area contributed by atoms with Gasteiger partial charge in [0.05, 0.1) is 6.10 Å². The molecule has 0 aliphatic carbocycles.